The van der Waals surface area contributed by atoms with Gasteiger partial charge >= 0.3 is 0 Å². The monoisotopic (exact) mass is 469 g/mol. The van der Waals surface area contributed by atoms with Crippen molar-refractivity contribution < 1.29 is 14.0 Å². The van der Waals surface area contributed by atoms with Crippen molar-refractivity contribution >= 4 is 17.6 Å². The summed E-state index contributed by atoms with van der Waals surface area (Å²) in [6.45, 7) is 2.03. The van der Waals surface area contributed by atoms with E-state index in [-0.39, 0.29) is 17.9 Å². The molecule has 3 heterocycles. The Labute approximate surface area is 203 Å². The van der Waals surface area contributed by atoms with Crippen molar-refractivity contribution in [2.75, 3.05) is 5.32 Å². The minimum atomic E-state index is -0.605. The zero-order valence-corrected chi connectivity index (χ0v) is 19.3. The minimum absolute atomic E-state index is 0.00921. The fraction of sp³-hybridized carbons (Fsp3) is 0.222. The highest BCUT2D eigenvalue weighted by Crippen LogP contribution is 2.29. The normalized spacial score (nSPS) is 17.8. The third-order valence-corrected chi connectivity index (χ3v) is 6.15. The fourth-order valence-electron chi connectivity index (χ4n) is 4.37. The zero-order chi connectivity index (χ0) is 24.2. The van der Waals surface area contributed by atoms with Gasteiger partial charge in [0.1, 0.15) is 11.5 Å². The first-order valence-corrected chi connectivity index (χ1v) is 11.7. The molecule has 8 nitrogen and oxygen atoms in total. The molecule has 5 rings (SSSR count). The molecule has 3 N–H and O–H groups in total. The second-order valence-electron chi connectivity index (χ2n) is 8.53. The Balaban J connectivity index is 1.52. The maximum Gasteiger partial charge on any atom is 0.237 e. The Hall–Kier alpha value is -4.17. The highest BCUT2D eigenvalue weighted by Gasteiger charge is 2.30. The SMILES string of the molecule is CCC1CC(=O)NC(n2nc(-c3ccco3)cc2NC(=O)C(c2ccccc2)c2ccccc2)N1. The number of amides is 2. The Bertz CT molecular complexity index is 1250. The van der Waals surface area contributed by atoms with Crippen molar-refractivity contribution in [3.05, 3.63) is 96.3 Å². The van der Waals surface area contributed by atoms with Gasteiger partial charge in [0.2, 0.25) is 11.8 Å². The molecule has 0 aliphatic carbocycles. The summed E-state index contributed by atoms with van der Waals surface area (Å²) in [5.74, 6) is 0.220. The van der Waals surface area contributed by atoms with Gasteiger partial charge in [-0.15, -0.1) is 0 Å². The number of carbonyl (C=O) groups excluding carboxylic acids is 2. The number of rotatable bonds is 7. The molecular formula is C27H27N5O3. The first kappa shape index (κ1) is 22.6. The molecule has 0 saturated carbocycles. The van der Waals surface area contributed by atoms with Gasteiger partial charge in [0.15, 0.2) is 12.0 Å². The first-order valence-electron chi connectivity index (χ1n) is 11.7. The van der Waals surface area contributed by atoms with Gasteiger partial charge in [-0.3, -0.25) is 14.9 Å². The van der Waals surface area contributed by atoms with Crippen molar-refractivity contribution in [2.45, 2.75) is 38.0 Å². The van der Waals surface area contributed by atoms with Gasteiger partial charge in [-0.2, -0.15) is 5.10 Å². The molecule has 1 fully saturated rings. The summed E-state index contributed by atoms with van der Waals surface area (Å²) in [6.07, 6.45) is 2.15. The highest BCUT2D eigenvalue weighted by molar-refractivity contribution is 5.98. The molecule has 1 aliphatic rings. The molecule has 2 aromatic heterocycles. The van der Waals surface area contributed by atoms with Gasteiger partial charge < -0.3 is 15.1 Å². The Kier molecular flexibility index (Phi) is 6.45. The lowest BCUT2D eigenvalue weighted by Gasteiger charge is -2.32. The molecule has 0 bridgehead atoms. The third kappa shape index (κ3) is 4.88. The summed E-state index contributed by atoms with van der Waals surface area (Å²) in [6, 6.07) is 24.7. The number of aromatic nitrogens is 2. The van der Waals surface area contributed by atoms with Crippen LogP contribution in [0.15, 0.2) is 89.5 Å². The number of nitrogens with zero attached hydrogens (tertiary/aromatic N) is 2. The van der Waals surface area contributed by atoms with Gasteiger partial charge in [-0.1, -0.05) is 67.6 Å². The fourth-order valence-corrected chi connectivity index (χ4v) is 4.37. The Morgan fingerprint density at radius 2 is 1.77 bits per heavy atom. The van der Waals surface area contributed by atoms with Crippen molar-refractivity contribution in [3.8, 4) is 11.5 Å². The molecule has 1 saturated heterocycles. The van der Waals surface area contributed by atoms with Gasteiger partial charge in [-0.25, -0.2) is 4.68 Å². The number of carbonyl (C=O) groups is 2. The van der Waals surface area contributed by atoms with E-state index in [1.165, 1.54) is 0 Å². The second-order valence-corrected chi connectivity index (χ2v) is 8.53. The predicted octanol–water partition coefficient (Wildman–Crippen LogP) is 4.26. The highest BCUT2D eigenvalue weighted by atomic mass is 16.3. The van der Waals surface area contributed by atoms with Crippen molar-refractivity contribution in [3.63, 3.8) is 0 Å². The van der Waals surface area contributed by atoms with Crippen LogP contribution in [-0.4, -0.2) is 27.6 Å². The average molecular weight is 470 g/mol. The second kappa shape index (κ2) is 9.99. The van der Waals surface area contributed by atoms with Gasteiger partial charge in [0.25, 0.3) is 0 Å². The van der Waals surface area contributed by atoms with Crippen molar-refractivity contribution in [2.24, 2.45) is 0 Å². The quantitative estimate of drug-likeness (QED) is 0.376. The van der Waals surface area contributed by atoms with Crippen LogP contribution >= 0.6 is 0 Å². The third-order valence-electron chi connectivity index (χ3n) is 6.15. The molecule has 0 spiro atoms. The lowest BCUT2D eigenvalue weighted by Crippen LogP contribution is -2.53. The first-order chi connectivity index (χ1) is 17.1. The van der Waals surface area contributed by atoms with E-state index in [9.17, 15) is 9.59 Å². The van der Waals surface area contributed by atoms with Crippen molar-refractivity contribution in [1.82, 2.24) is 20.4 Å². The molecule has 2 aromatic carbocycles. The molecule has 35 heavy (non-hydrogen) atoms. The summed E-state index contributed by atoms with van der Waals surface area (Å²) in [5, 5.41) is 14.1. The maximum atomic E-state index is 13.7. The zero-order valence-electron chi connectivity index (χ0n) is 19.3. The van der Waals surface area contributed by atoms with Crippen LogP contribution in [0.5, 0.6) is 0 Å². The topological polar surface area (TPSA) is 101 Å². The van der Waals surface area contributed by atoms with Crippen LogP contribution < -0.4 is 16.0 Å². The Morgan fingerprint density at radius 3 is 2.37 bits per heavy atom. The Morgan fingerprint density at radius 1 is 1.09 bits per heavy atom. The smallest absolute Gasteiger partial charge is 0.237 e. The molecule has 178 valence electrons. The predicted molar refractivity (Wildman–Crippen MR) is 132 cm³/mol. The van der Waals surface area contributed by atoms with E-state index in [2.05, 4.69) is 21.0 Å². The van der Waals surface area contributed by atoms with E-state index in [0.29, 0.717) is 23.7 Å². The molecule has 4 aromatic rings. The lowest BCUT2D eigenvalue weighted by molar-refractivity contribution is -0.125. The number of nitrogens with one attached hydrogen (secondary N) is 3. The van der Waals surface area contributed by atoms with Gasteiger partial charge in [-0.05, 0) is 29.7 Å². The van der Waals surface area contributed by atoms with Crippen LogP contribution in [-0.2, 0) is 9.59 Å². The number of anilines is 1. The van der Waals surface area contributed by atoms with E-state index >= 15 is 0 Å². The van der Waals surface area contributed by atoms with Crippen LogP contribution in [0, 0.1) is 0 Å². The van der Waals surface area contributed by atoms with Crippen LogP contribution in [0.4, 0.5) is 5.82 Å². The average Bonchev–Trinajstić information content (AvgIpc) is 3.55. The lowest BCUT2D eigenvalue weighted by atomic mass is 9.90. The van der Waals surface area contributed by atoms with Crippen LogP contribution in [0.25, 0.3) is 11.5 Å². The van der Waals surface area contributed by atoms with Gasteiger partial charge in [0.05, 0.1) is 12.2 Å². The van der Waals surface area contributed by atoms with E-state index in [1.807, 2.05) is 67.6 Å². The molecule has 2 unspecified atom stereocenters. The number of hydrogen-bond acceptors (Lipinski definition) is 5. The van der Waals surface area contributed by atoms with E-state index < -0.39 is 12.2 Å². The molecular weight excluding hydrogens is 442 g/mol. The summed E-state index contributed by atoms with van der Waals surface area (Å²) < 4.78 is 7.13. The molecule has 1 aliphatic heterocycles. The summed E-state index contributed by atoms with van der Waals surface area (Å²) in [4.78, 5) is 26.1. The minimum Gasteiger partial charge on any atom is -0.463 e. The van der Waals surface area contributed by atoms with E-state index in [1.54, 1.807) is 29.1 Å². The number of benzene rings is 2. The summed E-state index contributed by atoms with van der Waals surface area (Å²) in [7, 11) is 0. The molecule has 2 atom stereocenters. The van der Waals surface area contributed by atoms with Crippen LogP contribution in [0.1, 0.15) is 43.1 Å². The summed E-state index contributed by atoms with van der Waals surface area (Å²) >= 11 is 0. The standard InChI is InChI=1S/C27H27N5O3/c1-2-20-16-24(33)30-27(28-20)32-23(17-21(31-32)22-14-9-15-35-22)29-26(34)25(18-10-5-3-6-11-18)19-12-7-4-8-13-19/h3-15,17,20,25,27-28H,2,16H2,1H3,(H,29,34)(H,30,33). The van der Waals surface area contributed by atoms with E-state index in [4.69, 9.17) is 4.42 Å². The van der Waals surface area contributed by atoms with Crippen LogP contribution in [0.2, 0.25) is 0 Å². The summed E-state index contributed by atoms with van der Waals surface area (Å²) in [5.41, 5.74) is 2.31. The van der Waals surface area contributed by atoms with Crippen LogP contribution in [0.3, 0.4) is 0 Å². The number of furan rings is 1. The van der Waals surface area contributed by atoms with E-state index in [0.717, 1.165) is 17.5 Å². The molecule has 8 heteroatoms. The largest absolute Gasteiger partial charge is 0.463 e. The van der Waals surface area contributed by atoms with Gasteiger partial charge in [0, 0.05) is 18.5 Å². The van der Waals surface area contributed by atoms with Crippen molar-refractivity contribution in [1.29, 1.82) is 0 Å². The number of hydrogen-bond donors (Lipinski definition) is 3. The molecule has 0 radical (unpaired) electrons. The maximum absolute atomic E-state index is 13.7. The molecule has 2 amide bonds.